The van der Waals surface area contributed by atoms with Gasteiger partial charge in [0.05, 0.1) is 23.3 Å². The second-order valence-electron chi connectivity index (χ2n) is 6.74. The van der Waals surface area contributed by atoms with Crippen molar-refractivity contribution in [2.75, 3.05) is 0 Å². The Bertz CT molecular complexity index is 1410. The Hall–Kier alpha value is -3.55. The lowest BCUT2D eigenvalue weighted by Crippen LogP contribution is -2.24. The zero-order valence-electron chi connectivity index (χ0n) is 16.5. The molecule has 6 nitrogen and oxygen atoms in total. The molecule has 3 heterocycles. The molecule has 32 heavy (non-hydrogen) atoms. The van der Waals surface area contributed by atoms with Crippen LogP contribution in [0, 0.1) is 5.82 Å². The monoisotopic (exact) mass is 470 g/mol. The topological polar surface area (TPSA) is 80.9 Å². The smallest absolute Gasteiger partial charge is 0.273 e. The van der Waals surface area contributed by atoms with Crippen LogP contribution in [-0.2, 0) is 6.54 Å². The molecule has 3 aromatic heterocycles. The van der Waals surface area contributed by atoms with E-state index in [2.05, 4.69) is 26.3 Å². The summed E-state index contributed by atoms with van der Waals surface area (Å²) in [5.41, 5.74) is 2.67. The number of hydrogen-bond donors (Lipinski definition) is 1. The molecular formula is C23H17Cl2FN4O2. The molecular weight excluding hydrogens is 454 g/mol. The number of nitrogens with zero attached hydrogens (tertiary/aromatic N) is 3. The van der Waals surface area contributed by atoms with Gasteiger partial charge in [0.1, 0.15) is 12.1 Å². The first-order chi connectivity index (χ1) is 14.7. The van der Waals surface area contributed by atoms with Crippen LogP contribution in [-0.4, -0.2) is 20.9 Å². The normalized spacial score (nSPS) is 10.4. The lowest BCUT2D eigenvalue weighted by molar-refractivity contribution is 0.0945. The Kier molecular flexibility index (Phi) is 7.02. The van der Waals surface area contributed by atoms with Gasteiger partial charge in [0.2, 0.25) is 5.89 Å². The third-order valence-corrected chi connectivity index (χ3v) is 4.75. The van der Waals surface area contributed by atoms with Gasteiger partial charge in [-0.1, -0.05) is 24.3 Å². The Morgan fingerprint density at radius 2 is 1.75 bits per heavy atom. The van der Waals surface area contributed by atoms with E-state index < -0.39 is 11.7 Å². The largest absolute Gasteiger partial charge is 0.444 e. The van der Waals surface area contributed by atoms with Crippen LogP contribution < -0.4 is 5.32 Å². The van der Waals surface area contributed by atoms with Crippen LogP contribution in [0.25, 0.3) is 33.3 Å². The number of carbonyl (C=O) groups excluding carboxylic acids is 1. The average molecular weight is 471 g/mol. The van der Waals surface area contributed by atoms with Crippen LogP contribution in [0.2, 0.25) is 0 Å². The lowest BCUT2D eigenvalue weighted by Gasteiger charge is -2.03. The summed E-state index contributed by atoms with van der Waals surface area (Å²) in [7, 11) is 0. The van der Waals surface area contributed by atoms with Crippen LogP contribution in [0.5, 0.6) is 0 Å². The van der Waals surface area contributed by atoms with Crippen LogP contribution in [0.1, 0.15) is 16.2 Å². The van der Waals surface area contributed by atoms with Crippen molar-refractivity contribution in [2.24, 2.45) is 0 Å². The number of amides is 1. The van der Waals surface area contributed by atoms with Crippen molar-refractivity contribution < 1.29 is 13.6 Å². The van der Waals surface area contributed by atoms with E-state index in [1.807, 2.05) is 42.5 Å². The van der Waals surface area contributed by atoms with Crippen molar-refractivity contribution in [2.45, 2.75) is 6.54 Å². The molecule has 0 bridgehead atoms. The highest BCUT2D eigenvalue weighted by molar-refractivity contribution is 5.95. The summed E-state index contributed by atoms with van der Waals surface area (Å²) in [6.07, 6.45) is 2.74. The number of hydrogen-bond acceptors (Lipinski definition) is 5. The number of aromatic nitrogens is 3. The molecule has 0 unspecified atom stereocenters. The fourth-order valence-corrected chi connectivity index (χ4v) is 3.22. The predicted molar refractivity (Wildman–Crippen MR) is 125 cm³/mol. The molecule has 5 aromatic rings. The highest BCUT2D eigenvalue weighted by atomic mass is 35.5. The van der Waals surface area contributed by atoms with Crippen molar-refractivity contribution in [3.8, 4) is 11.5 Å². The lowest BCUT2D eigenvalue weighted by atomic mass is 10.1. The summed E-state index contributed by atoms with van der Waals surface area (Å²) in [5.74, 6) is -0.643. The van der Waals surface area contributed by atoms with Gasteiger partial charge in [0.15, 0.2) is 5.69 Å². The third-order valence-electron chi connectivity index (χ3n) is 4.75. The van der Waals surface area contributed by atoms with E-state index in [0.29, 0.717) is 11.5 Å². The molecule has 0 saturated heterocycles. The van der Waals surface area contributed by atoms with Gasteiger partial charge in [-0.3, -0.25) is 9.78 Å². The summed E-state index contributed by atoms with van der Waals surface area (Å²) in [6.45, 7) is -0.0410. The van der Waals surface area contributed by atoms with E-state index in [4.69, 9.17) is 4.42 Å². The number of pyridine rings is 2. The molecule has 0 atom stereocenters. The first-order valence-corrected chi connectivity index (χ1v) is 9.30. The molecule has 0 aliphatic carbocycles. The minimum atomic E-state index is -0.477. The summed E-state index contributed by atoms with van der Waals surface area (Å²) in [6, 6.07) is 18.4. The van der Waals surface area contributed by atoms with Crippen molar-refractivity contribution in [1.29, 1.82) is 0 Å². The van der Waals surface area contributed by atoms with E-state index >= 15 is 0 Å². The number of oxazole rings is 1. The van der Waals surface area contributed by atoms with Gasteiger partial charge in [-0.25, -0.2) is 14.4 Å². The quantitative estimate of drug-likeness (QED) is 0.358. The molecule has 0 aliphatic heterocycles. The van der Waals surface area contributed by atoms with E-state index in [-0.39, 0.29) is 42.7 Å². The zero-order chi connectivity index (χ0) is 20.5. The number of rotatable bonds is 4. The van der Waals surface area contributed by atoms with Gasteiger partial charge in [-0.05, 0) is 36.4 Å². The van der Waals surface area contributed by atoms with Crippen molar-refractivity contribution >= 4 is 52.5 Å². The van der Waals surface area contributed by atoms with Crippen molar-refractivity contribution in [1.82, 2.24) is 20.3 Å². The molecule has 162 valence electrons. The molecule has 0 aliphatic rings. The highest BCUT2D eigenvalue weighted by Crippen LogP contribution is 2.25. The molecule has 0 fully saturated rings. The minimum Gasteiger partial charge on any atom is -0.444 e. The average Bonchev–Trinajstić information content (AvgIpc) is 3.27. The fourth-order valence-electron chi connectivity index (χ4n) is 3.22. The van der Waals surface area contributed by atoms with Crippen LogP contribution in [0.4, 0.5) is 4.39 Å². The summed E-state index contributed by atoms with van der Waals surface area (Å²) in [4.78, 5) is 25.2. The van der Waals surface area contributed by atoms with Gasteiger partial charge in [0, 0.05) is 22.5 Å². The molecule has 2 aromatic carbocycles. The van der Waals surface area contributed by atoms with Crippen LogP contribution >= 0.6 is 24.8 Å². The predicted octanol–water partition coefficient (Wildman–Crippen LogP) is 5.35. The Morgan fingerprint density at radius 1 is 0.938 bits per heavy atom. The van der Waals surface area contributed by atoms with Gasteiger partial charge < -0.3 is 9.73 Å². The van der Waals surface area contributed by atoms with E-state index in [9.17, 15) is 9.18 Å². The first-order valence-electron chi connectivity index (χ1n) is 9.30. The minimum absolute atomic E-state index is 0. The molecule has 1 N–H and O–H groups in total. The maximum Gasteiger partial charge on any atom is 0.273 e. The standard InChI is InChI=1S/C23H15FN4O2.2ClH/c24-17-5-3-9-25-20(17)12-26-22(29)21-13-30-23(28-21)16-8-7-15-10-14-4-1-2-6-18(14)27-19(15)11-16;;/h1-11,13H,12H2,(H,26,29);2*1H. The van der Waals surface area contributed by atoms with Crippen molar-refractivity contribution in [3.63, 3.8) is 0 Å². The second kappa shape index (κ2) is 9.72. The number of nitrogens with one attached hydrogen (secondary N) is 1. The molecule has 1 amide bonds. The van der Waals surface area contributed by atoms with Gasteiger partial charge in [-0.2, -0.15) is 0 Å². The molecule has 0 spiro atoms. The maximum atomic E-state index is 13.6. The summed E-state index contributed by atoms with van der Waals surface area (Å²) >= 11 is 0. The Balaban J connectivity index is 0.00000144. The van der Waals surface area contributed by atoms with Gasteiger partial charge in [-0.15, -0.1) is 24.8 Å². The molecule has 5 rings (SSSR count). The maximum absolute atomic E-state index is 13.6. The van der Waals surface area contributed by atoms with Gasteiger partial charge in [0.25, 0.3) is 5.91 Å². The fraction of sp³-hybridized carbons (Fsp3) is 0.0435. The van der Waals surface area contributed by atoms with Crippen molar-refractivity contribution in [3.05, 3.63) is 90.3 Å². The number of benzene rings is 2. The number of halogens is 3. The molecule has 0 saturated carbocycles. The second-order valence-corrected chi connectivity index (χ2v) is 6.74. The zero-order valence-corrected chi connectivity index (χ0v) is 18.1. The van der Waals surface area contributed by atoms with Crippen LogP contribution in [0.15, 0.2) is 77.5 Å². The number of carbonyl (C=O) groups is 1. The van der Waals surface area contributed by atoms with Gasteiger partial charge >= 0.3 is 0 Å². The summed E-state index contributed by atoms with van der Waals surface area (Å²) < 4.78 is 19.1. The SMILES string of the molecule is Cl.Cl.O=C(NCc1ncccc1F)c1coc(-c2ccc3cc4ccccc4nc3c2)n1. The third kappa shape index (κ3) is 4.54. The highest BCUT2D eigenvalue weighted by Gasteiger charge is 2.15. The number of para-hydroxylation sites is 1. The number of fused-ring (bicyclic) bond motifs is 2. The van der Waals surface area contributed by atoms with E-state index in [1.54, 1.807) is 0 Å². The first kappa shape index (κ1) is 23.1. The molecule has 0 radical (unpaired) electrons. The van der Waals surface area contributed by atoms with E-state index in [0.717, 1.165) is 21.8 Å². The Labute approximate surface area is 194 Å². The Morgan fingerprint density at radius 3 is 2.59 bits per heavy atom. The summed E-state index contributed by atoms with van der Waals surface area (Å²) in [5, 5.41) is 4.66. The van der Waals surface area contributed by atoms with E-state index in [1.165, 1.54) is 24.6 Å². The molecule has 9 heteroatoms. The van der Waals surface area contributed by atoms with Crippen LogP contribution in [0.3, 0.4) is 0 Å².